The van der Waals surface area contributed by atoms with Gasteiger partial charge in [0.2, 0.25) is 5.91 Å². The first-order valence-electron chi connectivity index (χ1n) is 8.80. The third-order valence-electron chi connectivity index (χ3n) is 4.98. The van der Waals surface area contributed by atoms with E-state index in [0.717, 1.165) is 37.4 Å². The van der Waals surface area contributed by atoms with Crippen LogP contribution in [0.2, 0.25) is 0 Å². The predicted molar refractivity (Wildman–Crippen MR) is 93.9 cm³/mol. The summed E-state index contributed by atoms with van der Waals surface area (Å²) in [4.78, 5) is 17.4. The summed E-state index contributed by atoms with van der Waals surface area (Å²) in [6.07, 6.45) is 2.04. The summed E-state index contributed by atoms with van der Waals surface area (Å²) < 4.78 is 17.4. The highest BCUT2D eigenvalue weighted by atomic mass is 32.2. The van der Waals surface area contributed by atoms with Gasteiger partial charge in [0.1, 0.15) is 0 Å². The Balaban J connectivity index is 2.07. The van der Waals surface area contributed by atoms with Crippen molar-refractivity contribution < 1.29 is 13.7 Å². The summed E-state index contributed by atoms with van der Waals surface area (Å²) in [5.41, 5.74) is 0. The molecule has 0 aliphatic carbocycles. The fourth-order valence-corrected chi connectivity index (χ4v) is 5.14. The van der Waals surface area contributed by atoms with Gasteiger partial charge in [-0.3, -0.25) is 13.9 Å². The lowest BCUT2D eigenvalue weighted by Crippen LogP contribution is -2.58. The summed E-state index contributed by atoms with van der Waals surface area (Å²) in [7, 11) is 1.23. The highest BCUT2D eigenvalue weighted by molar-refractivity contribution is 7.85. The molecule has 5 nitrogen and oxygen atoms in total. The van der Waals surface area contributed by atoms with E-state index in [1.165, 1.54) is 0 Å². The fraction of sp³-hybridized carbons (Fsp3) is 0.941. The highest BCUT2D eigenvalue weighted by Gasteiger charge is 2.37. The van der Waals surface area contributed by atoms with Crippen LogP contribution in [0.3, 0.4) is 0 Å². The van der Waals surface area contributed by atoms with Crippen LogP contribution in [0.4, 0.5) is 0 Å². The van der Waals surface area contributed by atoms with Crippen molar-refractivity contribution in [3.63, 3.8) is 0 Å². The highest BCUT2D eigenvalue weighted by Crippen LogP contribution is 2.23. The summed E-state index contributed by atoms with van der Waals surface area (Å²) in [6, 6.07) is 0.138. The Morgan fingerprint density at radius 3 is 2.17 bits per heavy atom. The molecule has 1 amide bonds. The Bertz CT molecular complexity index is 424. The number of ether oxygens (including phenoxy) is 1. The molecule has 0 bridgehead atoms. The minimum atomic E-state index is -0.689. The van der Waals surface area contributed by atoms with E-state index in [2.05, 4.69) is 32.6 Å². The van der Waals surface area contributed by atoms with Crippen molar-refractivity contribution in [1.29, 1.82) is 0 Å². The number of morpholine rings is 1. The zero-order valence-corrected chi connectivity index (χ0v) is 16.0. The molecule has 2 rings (SSSR count). The molecule has 0 aromatic heterocycles. The smallest absolute Gasteiger partial charge is 0.240 e. The first kappa shape index (κ1) is 18.9. The van der Waals surface area contributed by atoms with Gasteiger partial charge in [-0.15, -0.1) is 0 Å². The van der Waals surface area contributed by atoms with Gasteiger partial charge < -0.3 is 9.64 Å². The third kappa shape index (κ3) is 4.77. The van der Waals surface area contributed by atoms with E-state index in [1.807, 2.05) is 11.9 Å². The average molecular weight is 345 g/mol. The first-order chi connectivity index (χ1) is 10.8. The second kappa shape index (κ2) is 8.08. The van der Waals surface area contributed by atoms with Crippen LogP contribution in [0.25, 0.3) is 0 Å². The Morgan fingerprint density at radius 1 is 1.17 bits per heavy atom. The van der Waals surface area contributed by atoms with Gasteiger partial charge in [0.15, 0.2) is 0 Å². The van der Waals surface area contributed by atoms with Crippen LogP contribution >= 0.6 is 0 Å². The van der Waals surface area contributed by atoms with E-state index in [4.69, 9.17) is 4.74 Å². The molecule has 2 aliphatic rings. The molecule has 0 N–H and O–H groups in total. The molecule has 0 saturated carbocycles. The minimum Gasteiger partial charge on any atom is -0.373 e. The van der Waals surface area contributed by atoms with Crippen LogP contribution in [0, 0.1) is 5.92 Å². The predicted octanol–water partition coefficient (Wildman–Crippen LogP) is 1.49. The van der Waals surface area contributed by atoms with Crippen LogP contribution in [0.5, 0.6) is 0 Å². The maximum atomic E-state index is 13.1. The van der Waals surface area contributed by atoms with Gasteiger partial charge in [-0.1, -0.05) is 13.8 Å². The van der Waals surface area contributed by atoms with Crippen molar-refractivity contribution >= 4 is 16.7 Å². The topological polar surface area (TPSA) is 49.9 Å². The van der Waals surface area contributed by atoms with E-state index in [1.54, 1.807) is 0 Å². The van der Waals surface area contributed by atoms with Gasteiger partial charge in [0.05, 0.1) is 18.2 Å². The molecule has 134 valence electrons. The van der Waals surface area contributed by atoms with Crippen LogP contribution in [0.15, 0.2) is 0 Å². The lowest BCUT2D eigenvalue weighted by atomic mass is 9.98. The lowest BCUT2D eigenvalue weighted by molar-refractivity contribution is -0.146. The number of nitrogens with zero attached hydrogens (tertiary/aromatic N) is 2. The molecule has 6 heteroatoms. The van der Waals surface area contributed by atoms with Crippen molar-refractivity contribution in [2.24, 2.45) is 5.92 Å². The van der Waals surface area contributed by atoms with Gasteiger partial charge in [0, 0.05) is 48.5 Å². The van der Waals surface area contributed by atoms with Gasteiger partial charge in [-0.2, -0.15) is 0 Å². The summed E-state index contributed by atoms with van der Waals surface area (Å²) in [5.74, 6) is 1.92. The van der Waals surface area contributed by atoms with Crippen LogP contribution in [-0.2, 0) is 20.3 Å². The molecule has 0 aromatic carbocycles. The molecule has 2 aliphatic heterocycles. The van der Waals surface area contributed by atoms with E-state index in [9.17, 15) is 9.00 Å². The van der Waals surface area contributed by atoms with Crippen molar-refractivity contribution in [2.75, 3.05) is 31.6 Å². The number of hydrogen-bond donors (Lipinski definition) is 0. The molecule has 2 heterocycles. The van der Waals surface area contributed by atoms with Crippen LogP contribution in [-0.4, -0.2) is 75.9 Å². The SMILES string of the molecule is CC(C)[C@H](C(=O)N(C)C1CCS(=O)CC1)N1C[C@@H](C)O[C@H](C)C1. The molecule has 3 atom stereocenters. The molecule has 2 saturated heterocycles. The molecule has 2 fully saturated rings. The monoisotopic (exact) mass is 344 g/mol. The van der Waals surface area contributed by atoms with E-state index < -0.39 is 10.8 Å². The van der Waals surface area contributed by atoms with Gasteiger partial charge in [-0.25, -0.2) is 0 Å². The van der Waals surface area contributed by atoms with E-state index in [-0.39, 0.29) is 36.1 Å². The maximum absolute atomic E-state index is 13.1. The zero-order valence-electron chi connectivity index (χ0n) is 15.2. The maximum Gasteiger partial charge on any atom is 0.240 e. The molecule has 0 spiro atoms. The quantitative estimate of drug-likeness (QED) is 0.775. The average Bonchev–Trinajstić information content (AvgIpc) is 2.46. The number of hydrogen-bond acceptors (Lipinski definition) is 4. The molecular weight excluding hydrogens is 312 g/mol. The van der Waals surface area contributed by atoms with Gasteiger partial charge in [0.25, 0.3) is 0 Å². The number of amides is 1. The van der Waals surface area contributed by atoms with Crippen LogP contribution in [0.1, 0.15) is 40.5 Å². The fourth-order valence-electron chi connectivity index (χ4n) is 3.87. The van der Waals surface area contributed by atoms with E-state index in [0.29, 0.717) is 0 Å². The second-order valence-corrected chi connectivity index (χ2v) is 9.12. The lowest BCUT2D eigenvalue weighted by Gasteiger charge is -2.43. The first-order valence-corrected chi connectivity index (χ1v) is 10.3. The minimum absolute atomic E-state index is 0.0961. The van der Waals surface area contributed by atoms with Crippen molar-refractivity contribution in [3.8, 4) is 0 Å². The standard InChI is InChI=1S/C17H32N2O3S/c1-12(2)16(19-10-13(3)22-14(4)11-19)17(20)18(5)15-6-8-23(21)9-7-15/h12-16H,6-11H2,1-5H3/t13-,14-,15?,16-,23?/m1/s1. The molecule has 0 radical (unpaired) electrons. The molecular formula is C17H32N2O3S. The van der Waals surface area contributed by atoms with Crippen molar-refractivity contribution in [3.05, 3.63) is 0 Å². The molecule has 0 aromatic rings. The number of rotatable bonds is 4. The van der Waals surface area contributed by atoms with Crippen LogP contribution < -0.4 is 0 Å². The molecule has 0 unspecified atom stereocenters. The zero-order chi connectivity index (χ0) is 17.1. The normalized spacial score (nSPS) is 34.3. The number of carbonyl (C=O) groups is 1. The Kier molecular flexibility index (Phi) is 6.63. The van der Waals surface area contributed by atoms with Gasteiger partial charge in [-0.05, 0) is 32.6 Å². The van der Waals surface area contributed by atoms with Gasteiger partial charge >= 0.3 is 0 Å². The largest absolute Gasteiger partial charge is 0.373 e. The second-order valence-electron chi connectivity index (χ2n) is 7.43. The number of carbonyl (C=O) groups excluding carboxylic acids is 1. The Morgan fingerprint density at radius 2 is 1.70 bits per heavy atom. The van der Waals surface area contributed by atoms with Crippen molar-refractivity contribution in [1.82, 2.24) is 9.80 Å². The Labute approximate surface area is 143 Å². The summed E-state index contributed by atoms with van der Waals surface area (Å²) >= 11 is 0. The summed E-state index contributed by atoms with van der Waals surface area (Å²) in [5, 5.41) is 0. The molecule has 23 heavy (non-hydrogen) atoms. The van der Waals surface area contributed by atoms with Crippen molar-refractivity contribution in [2.45, 2.75) is 64.8 Å². The van der Waals surface area contributed by atoms with E-state index >= 15 is 0 Å². The third-order valence-corrected chi connectivity index (χ3v) is 6.36. The Hall–Kier alpha value is -0.460. The number of likely N-dealkylation sites (N-methyl/N-ethyl adjacent to an activating group) is 1. The summed E-state index contributed by atoms with van der Waals surface area (Å²) in [6.45, 7) is 10.0.